The molecule has 120 valence electrons. The number of nitrogens with zero attached hydrogens (tertiary/aromatic N) is 3. The number of para-hydroxylation sites is 1. The molecule has 6 nitrogen and oxygen atoms in total. The van der Waals surface area contributed by atoms with Gasteiger partial charge in [0.2, 0.25) is 5.91 Å². The third-order valence-electron chi connectivity index (χ3n) is 4.89. The van der Waals surface area contributed by atoms with Crippen LogP contribution in [-0.2, 0) is 11.2 Å². The zero-order valence-electron chi connectivity index (χ0n) is 13.2. The maximum atomic E-state index is 12.7. The quantitative estimate of drug-likeness (QED) is 0.943. The van der Waals surface area contributed by atoms with E-state index in [-0.39, 0.29) is 11.9 Å². The Labute approximate surface area is 134 Å². The summed E-state index contributed by atoms with van der Waals surface area (Å²) in [5, 5.41) is 7.17. The van der Waals surface area contributed by atoms with Crippen LogP contribution in [0.4, 0.5) is 11.7 Å². The number of amides is 1. The zero-order chi connectivity index (χ0) is 15.8. The highest BCUT2D eigenvalue weighted by atomic mass is 16.5. The number of carbonyl (C=O) groups excluding carboxylic acids is 1. The fourth-order valence-electron chi connectivity index (χ4n) is 3.23. The van der Waals surface area contributed by atoms with E-state index in [1.165, 1.54) is 12.0 Å². The Balaban J connectivity index is 1.51. The van der Waals surface area contributed by atoms with Crippen molar-refractivity contribution < 1.29 is 9.32 Å². The fourth-order valence-corrected chi connectivity index (χ4v) is 3.23. The molecule has 1 aromatic carbocycles. The third-order valence-corrected chi connectivity index (χ3v) is 4.89. The first-order valence-electron chi connectivity index (χ1n) is 8.18. The molecule has 4 rings (SSSR count). The first-order valence-corrected chi connectivity index (χ1v) is 8.18. The average Bonchev–Trinajstić information content (AvgIpc) is 2.92. The number of carbonyl (C=O) groups is 1. The zero-order valence-corrected chi connectivity index (χ0v) is 13.2. The van der Waals surface area contributed by atoms with Crippen molar-refractivity contribution in [3.63, 3.8) is 0 Å². The van der Waals surface area contributed by atoms with E-state index in [1.807, 2.05) is 25.2 Å². The van der Waals surface area contributed by atoms with Crippen LogP contribution in [0.5, 0.6) is 0 Å². The van der Waals surface area contributed by atoms with Crippen molar-refractivity contribution in [2.24, 2.45) is 0 Å². The Morgan fingerprint density at radius 1 is 1.26 bits per heavy atom. The molecule has 0 spiro atoms. The Kier molecular flexibility index (Phi) is 3.52. The van der Waals surface area contributed by atoms with Crippen LogP contribution < -0.4 is 10.2 Å². The van der Waals surface area contributed by atoms with Crippen LogP contribution in [0.25, 0.3) is 0 Å². The monoisotopic (exact) mass is 312 g/mol. The number of nitrogens with one attached hydrogen (secondary N) is 1. The summed E-state index contributed by atoms with van der Waals surface area (Å²) in [6, 6.07) is 8.03. The lowest BCUT2D eigenvalue weighted by atomic mass is 9.85. The lowest BCUT2D eigenvalue weighted by molar-refractivity contribution is -0.119. The van der Waals surface area contributed by atoms with Crippen molar-refractivity contribution in [3.8, 4) is 0 Å². The SMILES string of the molecule is CN1C(=O)C(Nc2nc(C3CCC3)no2)CCc2ccccc21. The number of anilines is 2. The summed E-state index contributed by atoms with van der Waals surface area (Å²) in [5.74, 6) is 1.21. The van der Waals surface area contributed by atoms with E-state index in [2.05, 4.69) is 21.5 Å². The number of aromatic nitrogens is 2. The van der Waals surface area contributed by atoms with Gasteiger partial charge in [0.25, 0.3) is 0 Å². The van der Waals surface area contributed by atoms with Crippen LogP contribution >= 0.6 is 0 Å². The van der Waals surface area contributed by atoms with Gasteiger partial charge in [-0.05, 0) is 37.3 Å². The molecule has 6 heteroatoms. The van der Waals surface area contributed by atoms with Gasteiger partial charge in [-0.1, -0.05) is 29.8 Å². The standard InChI is InChI=1S/C17H20N4O2/c1-21-14-8-3-2-5-11(14)9-10-13(16(21)22)18-17-19-15(20-23-17)12-6-4-7-12/h2-3,5,8,12-13H,4,6-7,9-10H2,1H3,(H,18,19,20). The molecule has 0 saturated heterocycles. The summed E-state index contributed by atoms with van der Waals surface area (Å²) in [4.78, 5) is 18.8. The summed E-state index contributed by atoms with van der Waals surface area (Å²) in [6.45, 7) is 0. The summed E-state index contributed by atoms with van der Waals surface area (Å²) >= 11 is 0. The van der Waals surface area contributed by atoms with Crippen LogP contribution in [0, 0.1) is 0 Å². The fraction of sp³-hybridized carbons (Fsp3) is 0.471. The van der Waals surface area contributed by atoms with Crippen LogP contribution in [0.15, 0.2) is 28.8 Å². The summed E-state index contributed by atoms with van der Waals surface area (Å²) in [6.07, 6.45) is 5.03. The van der Waals surface area contributed by atoms with Gasteiger partial charge in [-0.15, -0.1) is 0 Å². The number of hydrogen-bond donors (Lipinski definition) is 1. The maximum absolute atomic E-state index is 12.7. The molecule has 2 aliphatic rings. The van der Waals surface area contributed by atoms with Gasteiger partial charge in [0, 0.05) is 18.7 Å². The number of benzene rings is 1. The van der Waals surface area contributed by atoms with E-state index in [0.717, 1.165) is 30.8 Å². The molecule has 1 amide bonds. The minimum absolute atomic E-state index is 0.0262. The molecule has 2 aromatic rings. The van der Waals surface area contributed by atoms with Crippen LogP contribution in [0.3, 0.4) is 0 Å². The van der Waals surface area contributed by atoms with Gasteiger partial charge in [0.05, 0.1) is 0 Å². The molecule has 1 aromatic heterocycles. The topological polar surface area (TPSA) is 71.3 Å². The molecule has 0 radical (unpaired) electrons. The molecule has 2 heterocycles. The van der Waals surface area contributed by atoms with Crippen molar-refractivity contribution in [3.05, 3.63) is 35.7 Å². The highest BCUT2D eigenvalue weighted by molar-refractivity contribution is 5.99. The van der Waals surface area contributed by atoms with Crippen molar-refractivity contribution in [2.75, 3.05) is 17.3 Å². The largest absolute Gasteiger partial charge is 0.326 e. The van der Waals surface area contributed by atoms with Crippen LogP contribution in [0.1, 0.15) is 43.0 Å². The van der Waals surface area contributed by atoms with E-state index >= 15 is 0 Å². The van der Waals surface area contributed by atoms with Gasteiger partial charge in [-0.25, -0.2) is 0 Å². The normalized spacial score (nSPS) is 21.5. The molecule has 1 fully saturated rings. The molecule has 1 aliphatic carbocycles. The van der Waals surface area contributed by atoms with Crippen LogP contribution in [0.2, 0.25) is 0 Å². The Morgan fingerprint density at radius 2 is 2.09 bits per heavy atom. The Hall–Kier alpha value is -2.37. The number of hydrogen-bond acceptors (Lipinski definition) is 5. The van der Waals surface area contributed by atoms with E-state index in [1.54, 1.807) is 4.90 Å². The van der Waals surface area contributed by atoms with E-state index in [4.69, 9.17) is 4.52 Å². The van der Waals surface area contributed by atoms with Gasteiger partial charge >= 0.3 is 6.01 Å². The van der Waals surface area contributed by atoms with Gasteiger partial charge in [-0.3, -0.25) is 4.79 Å². The second-order valence-electron chi connectivity index (χ2n) is 6.35. The summed E-state index contributed by atoms with van der Waals surface area (Å²) in [7, 11) is 1.81. The predicted octanol–water partition coefficient (Wildman–Crippen LogP) is 2.73. The maximum Gasteiger partial charge on any atom is 0.322 e. The lowest BCUT2D eigenvalue weighted by Gasteiger charge is -2.21. The summed E-state index contributed by atoms with van der Waals surface area (Å²) < 4.78 is 5.28. The van der Waals surface area contributed by atoms with Gasteiger partial charge in [-0.2, -0.15) is 4.98 Å². The van der Waals surface area contributed by atoms with E-state index in [0.29, 0.717) is 18.4 Å². The summed E-state index contributed by atoms with van der Waals surface area (Å²) in [5.41, 5.74) is 2.16. The smallest absolute Gasteiger partial charge is 0.322 e. The molecule has 1 aliphatic heterocycles. The molecule has 1 atom stereocenters. The van der Waals surface area contributed by atoms with E-state index in [9.17, 15) is 4.79 Å². The molecule has 1 unspecified atom stereocenters. The van der Waals surface area contributed by atoms with Gasteiger partial charge in [0.15, 0.2) is 5.82 Å². The number of aryl methyl sites for hydroxylation is 1. The lowest BCUT2D eigenvalue weighted by Crippen LogP contribution is -2.40. The minimum atomic E-state index is -0.345. The minimum Gasteiger partial charge on any atom is -0.326 e. The number of likely N-dealkylation sites (N-methyl/N-ethyl adjacent to an activating group) is 1. The molecular weight excluding hydrogens is 292 g/mol. The highest BCUT2D eigenvalue weighted by Crippen LogP contribution is 2.35. The van der Waals surface area contributed by atoms with Gasteiger partial charge < -0.3 is 14.7 Å². The van der Waals surface area contributed by atoms with Crippen molar-refractivity contribution in [2.45, 2.75) is 44.1 Å². The Bertz CT molecular complexity index is 723. The Morgan fingerprint density at radius 3 is 2.87 bits per heavy atom. The second-order valence-corrected chi connectivity index (χ2v) is 6.35. The molecule has 1 saturated carbocycles. The van der Waals surface area contributed by atoms with Crippen molar-refractivity contribution >= 4 is 17.6 Å². The number of rotatable bonds is 3. The van der Waals surface area contributed by atoms with E-state index < -0.39 is 0 Å². The highest BCUT2D eigenvalue weighted by Gasteiger charge is 2.30. The number of fused-ring (bicyclic) bond motifs is 1. The average molecular weight is 312 g/mol. The van der Waals surface area contributed by atoms with Crippen molar-refractivity contribution in [1.29, 1.82) is 0 Å². The van der Waals surface area contributed by atoms with Gasteiger partial charge in [0.1, 0.15) is 6.04 Å². The molecule has 0 bridgehead atoms. The molecular formula is C17H20N4O2. The first-order chi connectivity index (χ1) is 11.2. The third kappa shape index (κ3) is 2.58. The first kappa shape index (κ1) is 14.2. The molecule has 23 heavy (non-hydrogen) atoms. The predicted molar refractivity (Wildman–Crippen MR) is 86.5 cm³/mol. The van der Waals surface area contributed by atoms with Crippen molar-refractivity contribution in [1.82, 2.24) is 10.1 Å². The van der Waals surface area contributed by atoms with Crippen LogP contribution in [-0.4, -0.2) is 29.1 Å². The molecule has 1 N–H and O–H groups in total. The second kappa shape index (κ2) is 5.68.